The van der Waals surface area contributed by atoms with E-state index in [0.717, 1.165) is 50.2 Å². The molecule has 4 heteroatoms. The Hall–Kier alpha value is -2.95. The Morgan fingerprint density at radius 2 is 1.50 bits per heavy atom. The minimum absolute atomic E-state index is 0.177. The Labute approximate surface area is 241 Å². The molecule has 0 amide bonds. The molecule has 0 radical (unpaired) electrons. The Kier molecular flexibility index (Phi) is 9.72. The zero-order chi connectivity index (χ0) is 27.8. The Morgan fingerprint density at radius 1 is 0.875 bits per heavy atom. The number of nitrogens with zero attached hydrogens (tertiary/aromatic N) is 2. The van der Waals surface area contributed by atoms with Crippen LogP contribution in [0.5, 0.6) is 5.75 Å². The maximum absolute atomic E-state index is 13.2. The van der Waals surface area contributed by atoms with Gasteiger partial charge in [-0.25, -0.2) is 0 Å². The van der Waals surface area contributed by atoms with Crippen LogP contribution in [0.2, 0.25) is 0 Å². The average Bonchev–Trinajstić information content (AvgIpc) is 3.01. The van der Waals surface area contributed by atoms with E-state index in [0.29, 0.717) is 12.3 Å². The lowest BCUT2D eigenvalue weighted by Crippen LogP contribution is -2.46. The van der Waals surface area contributed by atoms with Gasteiger partial charge in [-0.3, -0.25) is 4.79 Å². The number of hydrogen-bond acceptors (Lipinski definition) is 4. The third-order valence-electron chi connectivity index (χ3n) is 9.39. The lowest BCUT2D eigenvalue weighted by atomic mass is 9.77. The predicted octanol–water partition coefficient (Wildman–Crippen LogP) is 7.59. The summed E-state index contributed by atoms with van der Waals surface area (Å²) in [5, 5.41) is 0. The third-order valence-corrected chi connectivity index (χ3v) is 9.39. The summed E-state index contributed by atoms with van der Waals surface area (Å²) in [7, 11) is 4.36. The number of Topliss-reactive ketones (excluding diaryl/α,β-unsaturated/α-hetero) is 1. The summed E-state index contributed by atoms with van der Waals surface area (Å²) in [4.78, 5) is 18.1. The molecule has 5 rings (SSSR count). The molecule has 1 heterocycles. The molecular weight excluding hydrogens is 492 g/mol. The monoisotopic (exact) mass is 538 g/mol. The molecule has 1 saturated carbocycles. The smallest absolute Gasteiger partial charge is 0.163 e. The van der Waals surface area contributed by atoms with E-state index in [1.54, 1.807) is 0 Å². The lowest BCUT2D eigenvalue weighted by Gasteiger charge is -2.43. The van der Waals surface area contributed by atoms with Gasteiger partial charge in [-0.1, -0.05) is 92.1 Å². The van der Waals surface area contributed by atoms with Crippen LogP contribution in [0.4, 0.5) is 0 Å². The van der Waals surface area contributed by atoms with Crippen LogP contribution < -0.4 is 4.74 Å². The topological polar surface area (TPSA) is 32.8 Å². The Morgan fingerprint density at radius 3 is 2.10 bits per heavy atom. The number of piperidine rings is 1. The van der Waals surface area contributed by atoms with Gasteiger partial charge in [0.2, 0.25) is 0 Å². The largest absolute Gasteiger partial charge is 0.490 e. The van der Waals surface area contributed by atoms with E-state index in [4.69, 9.17) is 4.74 Å². The van der Waals surface area contributed by atoms with Crippen molar-refractivity contribution in [3.8, 4) is 5.75 Å². The van der Waals surface area contributed by atoms with Crippen molar-refractivity contribution in [2.45, 2.75) is 75.3 Å². The molecular formula is C36H46N2O2. The molecule has 40 heavy (non-hydrogen) atoms. The van der Waals surface area contributed by atoms with Gasteiger partial charge in [0.1, 0.15) is 11.9 Å². The molecule has 3 aromatic carbocycles. The molecule has 3 aromatic rings. The molecule has 0 atom stereocenters. The van der Waals surface area contributed by atoms with E-state index in [1.807, 2.05) is 24.3 Å². The summed E-state index contributed by atoms with van der Waals surface area (Å²) < 4.78 is 6.43. The predicted molar refractivity (Wildman–Crippen MR) is 164 cm³/mol. The second kappa shape index (κ2) is 13.6. The van der Waals surface area contributed by atoms with Gasteiger partial charge in [0.15, 0.2) is 5.78 Å². The molecule has 1 saturated heterocycles. The molecule has 2 aliphatic rings. The number of carbonyl (C=O) groups is 1. The molecule has 212 valence electrons. The fourth-order valence-corrected chi connectivity index (χ4v) is 6.80. The van der Waals surface area contributed by atoms with Gasteiger partial charge in [-0.05, 0) is 69.5 Å². The number of rotatable bonds is 11. The summed E-state index contributed by atoms with van der Waals surface area (Å²) in [5.74, 6) is 1.43. The Bertz CT molecular complexity index is 1160. The van der Waals surface area contributed by atoms with E-state index >= 15 is 0 Å². The third kappa shape index (κ3) is 7.21. The van der Waals surface area contributed by atoms with Gasteiger partial charge in [0.25, 0.3) is 0 Å². The summed E-state index contributed by atoms with van der Waals surface area (Å²) in [6.45, 7) is 3.05. The van der Waals surface area contributed by atoms with Crippen molar-refractivity contribution in [3.05, 3.63) is 102 Å². The second-order valence-electron chi connectivity index (χ2n) is 12.1. The van der Waals surface area contributed by atoms with Crippen molar-refractivity contribution in [3.63, 3.8) is 0 Å². The van der Waals surface area contributed by atoms with Crippen LogP contribution in [-0.4, -0.2) is 61.0 Å². The first-order valence-electron chi connectivity index (χ1n) is 15.3. The number of benzene rings is 3. The molecule has 0 spiro atoms. The van der Waals surface area contributed by atoms with E-state index in [2.05, 4.69) is 84.6 Å². The fourth-order valence-electron chi connectivity index (χ4n) is 6.80. The quantitative estimate of drug-likeness (QED) is 0.236. The van der Waals surface area contributed by atoms with Crippen molar-refractivity contribution in [2.24, 2.45) is 0 Å². The summed E-state index contributed by atoms with van der Waals surface area (Å²) in [6, 6.07) is 29.6. The van der Waals surface area contributed by atoms with Crippen molar-refractivity contribution >= 4 is 5.78 Å². The van der Waals surface area contributed by atoms with Crippen molar-refractivity contribution in [2.75, 3.05) is 33.7 Å². The zero-order valence-corrected chi connectivity index (χ0v) is 24.4. The minimum atomic E-state index is 0.177. The normalized spacial score (nSPS) is 18.2. The first-order valence-corrected chi connectivity index (χ1v) is 15.3. The Balaban J connectivity index is 1.15. The molecule has 0 bridgehead atoms. The van der Waals surface area contributed by atoms with E-state index < -0.39 is 0 Å². The van der Waals surface area contributed by atoms with Gasteiger partial charge < -0.3 is 14.5 Å². The highest BCUT2D eigenvalue weighted by atomic mass is 16.5. The molecule has 0 unspecified atom stereocenters. The molecule has 4 nitrogen and oxygen atoms in total. The molecule has 2 fully saturated rings. The number of ketones is 1. The van der Waals surface area contributed by atoms with Gasteiger partial charge in [0.05, 0.1) is 0 Å². The van der Waals surface area contributed by atoms with Gasteiger partial charge in [-0.2, -0.15) is 0 Å². The van der Waals surface area contributed by atoms with Gasteiger partial charge >= 0.3 is 0 Å². The highest BCUT2D eigenvalue weighted by Gasteiger charge is 2.34. The number of likely N-dealkylation sites (tertiary alicyclic amines) is 1. The van der Waals surface area contributed by atoms with Gasteiger partial charge in [-0.15, -0.1) is 0 Å². The van der Waals surface area contributed by atoms with Crippen LogP contribution in [0, 0.1) is 0 Å². The van der Waals surface area contributed by atoms with Gasteiger partial charge in [0, 0.05) is 43.1 Å². The molecule has 1 aliphatic heterocycles. The summed E-state index contributed by atoms with van der Waals surface area (Å²) in [5.41, 5.74) is 3.70. The summed E-state index contributed by atoms with van der Waals surface area (Å²) in [6.07, 6.45) is 10.00. The first-order chi connectivity index (χ1) is 19.5. The standard InChI is InChI=1S/C36H46N2O2/c1-37(2)36(22-10-5-11-23-36)24-19-35(39)31-17-12-18-33(27-31)40-32-20-25-38(26-21-32)28-34(29-13-6-3-7-14-29)30-15-8-4-9-16-30/h3-4,6-9,12-18,27,32,34H,5,10-11,19-26,28H2,1-2H3. The van der Waals surface area contributed by atoms with E-state index in [-0.39, 0.29) is 17.4 Å². The first kappa shape index (κ1) is 28.6. The molecule has 0 aromatic heterocycles. The maximum Gasteiger partial charge on any atom is 0.163 e. The second-order valence-corrected chi connectivity index (χ2v) is 12.1. The van der Waals surface area contributed by atoms with Crippen LogP contribution in [-0.2, 0) is 0 Å². The van der Waals surface area contributed by atoms with Crippen LogP contribution in [0.25, 0.3) is 0 Å². The highest BCUT2D eigenvalue weighted by molar-refractivity contribution is 5.96. The SMILES string of the molecule is CN(C)C1(CCC(=O)c2cccc(OC3CCN(CC(c4ccccc4)c4ccccc4)CC3)c2)CCCCC1. The molecule has 0 N–H and O–H groups in total. The zero-order valence-electron chi connectivity index (χ0n) is 24.4. The fraction of sp³-hybridized carbons (Fsp3) is 0.472. The van der Waals surface area contributed by atoms with Crippen molar-refractivity contribution < 1.29 is 9.53 Å². The number of ether oxygens (including phenoxy) is 1. The number of hydrogen-bond donors (Lipinski definition) is 0. The minimum Gasteiger partial charge on any atom is -0.490 e. The van der Waals surface area contributed by atoms with Crippen molar-refractivity contribution in [1.82, 2.24) is 9.80 Å². The van der Waals surface area contributed by atoms with E-state index in [1.165, 1.54) is 43.2 Å². The van der Waals surface area contributed by atoms with E-state index in [9.17, 15) is 4.79 Å². The van der Waals surface area contributed by atoms with Crippen LogP contribution in [0.3, 0.4) is 0 Å². The average molecular weight is 539 g/mol. The van der Waals surface area contributed by atoms with Crippen LogP contribution in [0.1, 0.15) is 85.2 Å². The van der Waals surface area contributed by atoms with Crippen LogP contribution >= 0.6 is 0 Å². The van der Waals surface area contributed by atoms with Crippen LogP contribution in [0.15, 0.2) is 84.9 Å². The summed E-state index contributed by atoms with van der Waals surface area (Å²) >= 11 is 0. The highest BCUT2D eigenvalue weighted by Crippen LogP contribution is 2.36. The number of carbonyl (C=O) groups excluding carboxylic acids is 1. The lowest BCUT2D eigenvalue weighted by molar-refractivity contribution is 0.0770. The van der Waals surface area contributed by atoms with Crippen molar-refractivity contribution in [1.29, 1.82) is 0 Å². The maximum atomic E-state index is 13.2. The molecule has 1 aliphatic carbocycles.